The van der Waals surface area contributed by atoms with Gasteiger partial charge in [-0.3, -0.25) is 0 Å². The van der Waals surface area contributed by atoms with Crippen molar-refractivity contribution in [2.45, 2.75) is 13.5 Å². The van der Waals surface area contributed by atoms with Gasteiger partial charge in [-0.15, -0.1) is 0 Å². The predicted octanol–water partition coefficient (Wildman–Crippen LogP) is 0.763. The summed E-state index contributed by atoms with van der Waals surface area (Å²) in [7, 11) is 2.07. The summed E-state index contributed by atoms with van der Waals surface area (Å²) in [5.74, 6) is 0.524. The molecule has 0 fully saturated rings. The molecule has 80 valence electrons. The molecule has 0 aliphatic rings. The molecule has 0 unspecified atom stereocenters. The van der Waals surface area contributed by atoms with Crippen molar-refractivity contribution in [1.29, 1.82) is 0 Å². The van der Waals surface area contributed by atoms with E-state index in [4.69, 9.17) is 5.73 Å². The maximum Gasteiger partial charge on any atom is 0.151 e. The number of nitrogens with two attached hydrogens (primary N) is 1. The van der Waals surface area contributed by atoms with Crippen LogP contribution in [0.5, 0.6) is 0 Å². The van der Waals surface area contributed by atoms with Crippen LogP contribution < -0.4 is 5.73 Å². The van der Waals surface area contributed by atoms with E-state index < -0.39 is 0 Å². The van der Waals surface area contributed by atoms with Gasteiger partial charge in [0.15, 0.2) is 5.82 Å². The maximum absolute atomic E-state index is 5.75. The number of hydrogen-bond donors (Lipinski definition) is 1. The van der Waals surface area contributed by atoms with Crippen LogP contribution >= 0.6 is 0 Å². The molecule has 0 spiro atoms. The number of aromatic nitrogens is 3. The van der Waals surface area contributed by atoms with Crippen LogP contribution in [0.3, 0.4) is 0 Å². The summed E-state index contributed by atoms with van der Waals surface area (Å²) in [6, 6.07) is 3.99. The van der Waals surface area contributed by atoms with E-state index in [2.05, 4.69) is 29.0 Å². The van der Waals surface area contributed by atoms with Crippen LogP contribution in [0.2, 0.25) is 0 Å². The molecule has 2 rings (SSSR count). The second-order valence-electron chi connectivity index (χ2n) is 3.60. The lowest BCUT2D eigenvalue weighted by Crippen LogP contribution is -2.18. The molecule has 0 saturated heterocycles. The zero-order valence-corrected chi connectivity index (χ0v) is 9.01. The topological polar surface area (TPSA) is 59.5 Å². The standard InChI is InChI=1S/C10H15N5/c1-3-14(2)6-8-4-5-9-10(11)12-7-13-15(8)9/h4-5,7H,3,6H2,1-2H3,(H2,11,12,13). The van der Waals surface area contributed by atoms with Gasteiger partial charge in [0.2, 0.25) is 0 Å². The third-order valence-electron chi connectivity index (χ3n) is 2.53. The van der Waals surface area contributed by atoms with Crippen LogP contribution in [0.4, 0.5) is 5.82 Å². The average Bonchev–Trinajstić information content (AvgIpc) is 2.63. The molecule has 2 N–H and O–H groups in total. The number of nitrogens with zero attached hydrogens (tertiary/aromatic N) is 4. The molecule has 0 saturated carbocycles. The van der Waals surface area contributed by atoms with Crippen molar-refractivity contribution >= 4 is 11.3 Å². The highest BCUT2D eigenvalue weighted by Crippen LogP contribution is 2.13. The van der Waals surface area contributed by atoms with Gasteiger partial charge in [0.1, 0.15) is 11.8 Å². The zero-order chi connectivity index (χ0) is 10.8. The molecule has 0 aromatic carbocycles. The van der Waals surface area contributed by atoms with Crippen LogP contribution in [0.25, 0.3) is 5.52 Å². The first kappa shape index (κ1) is 9.92. The molecule has 2 heterocycles. The summed E-state index contributed by atoms with van der Waals surface area (Å²) >= 11 is 0. The molecule has 0 aliphatic carbocycles. The van der Waals surface area contributed by atoms with Crippen LogP contribution in [0.15, 0.2) is 18.5 Å². The van der Waals surface area contributed by atoms with Crippen LogP contribution in [-0.2, 0) is 6.54 Å². The first-order valence-corrected chi connectivity index (χ1v) is 4.98. The number of anilines is 1. The molecular formula is C10H15N5. The van der Waals surface area contributed by atoms with E-state index in [9.17, 15) is 0 Å². The van der Waals surface area contributed by atoms with Crippen LogP contribution in [0.1, 0.15) is 12.6 Å². The second-order valence-corrected chi connectivity index (χ2v) is 3.60. The van der Waals surface area contributed by atoms with E-state index in [0.29, 0.717) is 5.82 Å². The third-order valence-corrected chi connectivity index (χ3v) is 2.53. The zero-order valence-electron chi connectivity index (χ0n) is 9.01. The average molecular weight is 205 g/mol. The van der Waals surface area contributed by atoms with Gasteiger partial charge in [0.25, 0.3) is 0 Å². The van der Waals surface area contributed by atoms with Crippen molar-refractivity contribution < 1.29 is 0 Å². The molecule has 0 radical (unpaired) electrons. The fraction of sp³-hybridized carbons (Fsp3) is 0.400. The van der Waals surface area contributed by atoms with Crippen molar-refractivity contribution in [2.24, 2.45) is 0 Å². The monoisotopic (exact) mass is 205 g/mol. The van der Waals surface area contributed by atoms with E-state index in [1.165, 1.54) is 6.33 Å². The Labute approximate surface area is 88.5 Å². The van der Waals surface area contributed by atoms with Crippen LogP contribution in [-0.4, -0.2) is 33.1 Å². The molecular weight excluding hydrogens is 190 g/mol. The van der Waals surface area contributed by atoms with Crippen molar-refractivity contribution in [1.82, 2.24) is 19.5 Å². The van der Waals surface area contributed by atoms with Crippen LogP contribution in [0, 0.1) is 0 Å². The molecule has 5 nitrogen and oxygen atoms in total. The van der Waals surface area contributed by atoms with Gasteiger partial charge in [-0.2, -0.15) is 5.10 Å². The third kappa shape index (κ3) is 1.78. The van der Waals surface area contributed by atoms with E-state index in [0.717, 1.165) is 24.3 Å². The van der Waals surface area contributed by atoms with Gasteiger partial charge < -0.3 is 10.6 Å². The lowest BCUT2D eigenvalue weighted by molar-refractivity contribution is 0.338. The van der Waals surface area contributed by atoms with Gasteiger partial charge in [-0.05, 0) is 25.7 Å². The molecule has 2 aromatic heterocycles. The molecule has 0 bridgehead atoms. The molecule has 0 aliphatic heterocycles. The summed E-state index contributed by atoms with van der Waals surface area (Å²) in [6.07, 6.45) is 1.48. The minimum absolute atomic E-state index is 0.524. The van der Waals surface area contributed by atoms with Gasteiger partial charge in [-0.1, -0.05) is 6.92 Å². The summed E-state index contributed by atoms with van der Waals surface area (Å²) in [5.41, 5.74) is 7.75. The molecule has 0 amide bonds. The number of rotatable bonds is 3. The maximum atomic E-state index is 5.75. The van der Waals surface area contributed by atoms with Gasteiger partial charge in [-0.25, -0.2) is 9.50 Å². The minimum atomic E-state index is 0.524. The van der Waals surface area contributed by atoms with E-state index >= 15 is 0 Å². The van der Waals surface area contributed by atoms with E-state index in [-0.39, 0.29) is 0 Å². The fourth-order valence-electron chi connectivity index (χ4n) is 1.52. The predicted molar refractivity (Wildman–Crippen MR) is 59.4 cm³/mol. The minimum Gasteiger partial charge on any atom is -0.382 e. The highest BCUT2D eigenvalue weighted by atomic mass is 15.3. The first-order chi connectivity index (χ1) is 7.22. The van der Waals surface area contributed by atoms with Gasteiger partial charge in [0, 0.05) is 6.54 Å². The quantitative estimate of drug-likeness (QED) is 0.803. The normalized spacial score (nSPS) is 11.4. The Morgan fingerprint density at radius 2 is 2.27 bits per heavy atom. The Hall–Kier alpha value is -1.62. The largest absolute Gasteiger partial charge is 0.382 e. The summed E-state index contributed by atoms with van der Waals surface area (Å²) in [5, 5.41) is 4.19. The Morgan fingerprint density at radius 1 is 1.47 bits per heavy atom. The van der Waals surface area contributed by atoms with Crippen molar-refractivity contribution in [2.75, 3.05) is 19.3 Å². The summed E-state index contributed by atoms with van der Waals surface area (Å²) < 4.78 is 1.84. The summed E-state index contributed by atoms with van der Waals surface area (Å²) in [4.78, 5) is 6.16. The van der Waals surface area contributed by atoms with Gasteiger partial charge >= 0.3 is 0 Å². The van der Waals surface area contributed by atoms with Crippen molar-refractivity contribution in [3.63, 3.8) is 0 Å². The fourth-order valence-corrected chi connectivity index (χ4v) is 1.52. The smallest absolute Gasteiger partial charge is 0.151 e. The molecule has 15 heavy (non-hydrogen) atoms. The lowest BCUT2D eigenvalue weighted by Gasteiger charge is -2.12. The van der Waals surface area contributed by atoms with Crippen molar-refractivity contribution in [3.05, 3.63) is 24.2 Å². The number of fused-ring (bicyclic) bond motifs is 1. The highest BCUT2D eigenvalue weighted by molar-refractivity contribution is 5.65. The Kier molecular flexibility index (Phi) is 2.55. The van der Waals surface area contributed by atoms with Gasteiger partial charge in [0.05, 0.1) is 5.69 Å². The highest BCUT2D eigenvalue weighted by Gasteiger charge is 2.07. The Morgan fingerprint density at radius 3 is 3.00 bits per heavy atom. The van der Waals surface area contributed by atoms with Crippen molar-refractivity contribution in [3.8, 4) is 0 Å². The van der Waals surface area contributed by atoms with E-state index in [1.54, 1.807) is 0 Å². The Balaban J connectivity index is 2.41. The lowest BCUT2D eigenvalue weighted by atomic mass is 10.4. The number of hydrogen-bond acceptors (Lipinski definition) is 4. The molecule has 2 aromatic rings. The number of nitrogen functional groups attached to an aromatic ring is 1. The SMILES string of the molecule is CCN(C)Cc1ccc2c(N)ncnn12. The molecule has 5 heteroatoms. The molecule has 0 atom stereocenters. The van der Waals surface area contributed by atoms with E-state index in [1.807, 2.05) is 16.6 Å². The first-order valence-electron chi connectivity index (χ1n) is 4.98. The Bertz CT molecular complexity index is 462. The summed E-state index contributed by atoms with van der Waals surface area (Å²) in [6.45, 7) is 3.99. The second kappa shape index (κ2) is 3.86.